The van der Waals surface area contributed by atoms with Gasteiger partial charge in [-0.25, -0.2) is 0 Å². The Kier molecular flexibility index (Phi) is 3.58. The zero-order valence-electron chi connectivity index (χ0n) is 9.02. The van der Waals surface area contributed by atoms with Gasteiger partial charge in [-0.05, 0) is 32.0 Å². The first-order chi connectivity index (χ1) is 7.98. The van der Waals surface area contributed by atoms with Crippen molar-refractivity contribution in [2.75, 3.05) is 13.1 Å². The van der Waals surface area contributed by atoms with E-state index in [1.54, 1.807) is 0 Å². The lowest BCUT2D eigenvalue weighted by Gasteiger charge is -2.23. The monoisotopic (exact) mass is 264 g/mol. The minimum Gasteiger partial charge on any atom is -0.317 e. The number of piperidine rings is 1. The molecule has 6 heteroatoms. The standard InChI is InChI=1S/C11H12ClF3N2/c12-9-5-8(11(13,14)15)6-17-10(9)7-1-3-16-4-2-7/h5-7,16H,1-4H2. The summed E-state index contributed by atoms with van der Waals surface area (Å²) in [6.07, 6.45) is -1.80. The van der Waals surface area contributed by atoms with E-state index in [4.69, 9.17) is 11.6 Å². The van der Waals surface area contributed by atoms with Crippen molar-refractivity contribution in [3.8, 4) is 0 Å². The van der Waals surface area contributed by atoms with Crippen LogP contribution in [0.15, 0.2) is 12.3 Å². The van der Waals surface area contributed by atoms with Crippen LogP contribution < -0.4 is 5.32 Å². The summed E-state index contributed by atoms with van der Waals surface area (Å²) in [5.41, 5.74) is -0.207. The van der Waals surface area contributed by atoms with E-state index in [-0.39, 0.29) is 10.9 Å². The zero-order chi connectivity index (χ0) is 12.5. The number of alkyl halides is 3. The van der Waals surface area contributed by atoms with E-state index in [9.17, 15) is 13.2 Å². The van der Waals surface area contributed by atoms with Crippen molar-refractivity contribution < 1.29 is 13.2 Å². The molecule has 1 fully saturated rings. The Morgan fingerprint density at radius 1 is 1.29 bits per heavy atom. The van der Waals surface area contributed by atoms with Crippen molar-refractivity contribution in [2.24, 2.45) is 0 Å². The van der Waals surface area contributed by atoms with E-state index >= 15 is 0 Å². The van der Waals surface area contributed by atoms with Gasteiger partial charge < -0.3 is 5.32 Å². The third-order valence-electron chi connectivity index (χ3n) is 2.92. The van der Waals surface area contributed by atoms with Crippen LogP contribution in [0.4, 0.5) is 13.2 Å². The minimum absolute atomic E-state index is 0.117. The Bertz CT molecular complexity index is 400. The van der Waals surface area contributed by atoms with E-state index in [2.05, 4.69) is 10.3 Å². The van der Waals surface area contributed by atoms with E-state index in [0.29, 0.717) is 5.69 Å². The third-order valence-corrected chi connectivity index (χ3v) is 3.23. The average molecular weight is 265 g/mol. The van der Waals surface area contributed by atoms with Gasteiger partial charge >= 0.3 is 6.18 Å². The Labute approximate surface area is 102 Å². The van der Waals surface area contributed by atoms with Gasteiger partial charge in [0.25, 0.3) is 0 Å². The van der Waals surface area contributed by atoms with Gasteiger partial charge in [-0.1, -0.05) is 11.6 Å². The molecule has 0 atom stereocenters. The summed E-state index contributed by atoms with van der Waals surface area (Å²) in [7, 11) is 0. The molecule has 0 radical (unpaired) electrons. The lowest BCUT2D eigenvalue weighted by atomic mass is 9.94. The fourth-order valence-electron chi connectivity index (χ4n) is 2.00. The maximum absolute atomic E-state index is 12.4. The molecular formula is C11H12ClF3N2. The summed E-state index contributed by atoms with van der Waals surface area (Å²) in [5.74, 6) is 0.158. The molecule has 1 saturated heterocycles. The highest BCUT2D eigenvalue weighted by Crippen LogP contribution is 2.34. The van der Waals surface area contributed by atoms with Gasteiger partial charge in [-0.2, -0.15) is 13.2 Å². The fraction of sp³-hybridized carbons (Fsp3) is 0.545. The van der Waals surface area contributed by atoms with Gasteiger partial charge in [0, 0.05) is 12.1 Å². The minimum atomic E-state index is -4.39. The maximum Gasteiger partial charge on any atom is 0.417 e. The molecule has 0 unspecified atom stereocenters. The molecule has 0 bridgehead atoms. The molecule has 0 aliphatic carbocycles. The zero-order valence-corrected chi connectivity index (χ0v) is 9.78. The third kappa shape index (κ3) is 2.90. The number of hydrogen-bond acceptors (Lipinski definition) is 2. The highest BCUT2D eigenvalue weighted by atomic mass is 35.5. The van der Waals surface area contributed by atoms with E-state index < -0.39 is 11.7 Å². The Balaban J connectivity index is 2.25. The van der Waals surface area contributed by atoms with Gasteiger partial charge in [0.1, 0.15) is 0 Å². The summed E-state index contributed by atoms with van der Waals surface area (Å²) in [4.78, 5) is 3.89. The second kappa shape index (κ2) is 4.82. The molecule has 0 amide bonds. The van der Waals surface area contributed by atoms with E-state index in [1.165, 1.54) is 0 Å². The Morgan fingerprint density at radius 3 is 2.47 bits per heavy atom. The summed E-state index contributed by atoms with van der Waals surface area (Å²) in [6, 6.07) is 0.964. The topological polar surface area (TPSA) is 24.9 Å². The first kappa shape index (κ1) is 12.6. The lowest BCUT2D eigenvalue weighted by molar-refractivity contribution is -0.137. The largest absolute Gasteiger partial charge is 0.417 e. The predicted octanol–water partition coefficient (Wildman–Crippen LogP) is 3.22. The number of nitrogens with zero attached hydrogens (tertiary/aromatic N) is 1. The number of aromatic nitrogens is 1. The molecule has 1 aliphatic rings. The number of hydrogen-bond donors (Lipinski definition) is 1. The number of nitrogens with one attached hydrogen (secondary N) is 1. The molecule has 1 aromatic heterocycles. The van der Waals surface area contributed by atoms with Gasteiger partial charge in [0.15, 0.2) is 0 Å². The van der Waals surface area contributed by atoms with Crippen LogP contribution in [-0.2, 0) is 6.18 Å². The van der Waals surface area contributed by atoms with Crippen LogP contribution in [-0.4, -0.2) is 18.1 Å². The summed E-state index contributed by atoms with van der Waals surface area (Å²) in [5, 5.41) is 3.31. The average Bonchev–Trinajstić information content (AvgIpc) is 2.29. The summed E-state index contributed by atoms with van der Waals surface area (Å²) >= 11 is 5.89. The van der Waals surface area contributed by atoms with Crippen LogP contribution in [0.3, 0.4) is 0 Å². The Morgan fingerprint density at radius 2 is 1.94 bits per heavy atom. The summed E-state index contributed by atoms with van der Waals surface area (Å²) < 4.78 is 37.3. The quantitative estimate of drug-likeness (QED) is 0.842. The van der Waals surface area contributed by atoms with E-state index in [1.807, 2.05) is 0 Å². The van der Waals surface area contributed by atoms with Gasteiger partial charge in [-0.3, -0.25) is 4.98 Å². The van der Waals surface area contributed by atoms with Gasteiger partial charge in [-0.15, -0.1) is 0 Å². The molecular weight excluding hydrogens is 253 g/mol. The molecule has 1 aromatic rings. The molecule has 2 nitrogen and oxygen atoms in total. The lowest BCUT2D eigenvalue weighted by Crippen LogP contribution is -2.27. The SMILES string of the molecule is FC(F)(F)c1cnc(C2CCNCC2)c(Cl)c1. The van der Waals surface area contributed by atoms with Gasteiger partial charge in [0.2, 0.25) is 0 Å². The highest BCUT2D eigenvalue weighted by Gasteiger charge is 2.32. The molecule has 2 heterocycles. The van der Waals surface area contributed by atoms with Crippen molar-refractivity contribution >= 4 is 11.6 Å². The van der Waals surface area contributed by atoms with Crippen LogP contribution >= 0.6 is 11.6 Å². The second-order valence-electron chi connectivity index (χ2n) is 4.11. The maximum atomic E-state index is 12.4. The molecule has 1 aliphatic heterocycles. The number of pyridine rings is 1. The molecule has 0 aromatic carbocycles. The first-order valence-corrected chi connectivity index (χ1v) is 5.79. The second-order valence-corrected chi connectivity index (χ2v) is 4.52. The molecule has 1 N–H and O–H groups in total. The van der Waals surface area contributed by atoms with Crippen molar-refractivity contribution in [3.63, 3.8) is 0 Å². The van der Waals surface area contributed by atoms with Crippen LogP contribution in [0.1, 0.15) is 30.0 Å². The van der Waals surface area contributed by atoms with Crippen molar-refractivity contribution in [3.05, 3.63) is 28.5 Å². The van der Waals surface area contributed by atoms with E-state index in [0.717, 1.165) is 38.2 Å². The van der Waals surface area contributed by atoms with Crippen molar-refractivity contribution in [1.82, 2.24) is 10.3 Å². The van der Waals surface area contributed by atoms with Crippen molar-refractivity contribution in [1.29, 1.82) is 0 Å². The van der Waals surface area contributed by atoms with Crippen LogP contribution in [0.25, 0.3) is 0 Å². The normalized spacial score (nSPS) is 18.4. The van der Waals surface area contributed by atoms with Crippen LogP contribution in [0, 0.1) is 0 Å². The fourth-order valence-corrected chi connectivity index (χ4v) is 2.32. The van der Waals surface area contributed by atoms with Gasteiger partial charge in [0.05, 0.1) is 16.3 Å². The summed E-state index contributed by atoms with van der Waals surface area (Å²) in [6.45, 7) is 1.70. The number of halogens is 4. The van der Waals surface area contributed by atoms with Crippen LogP contribution in [0.2, 0.25) is 5.02 Å². The smallest absolute Gasteiger partial charge is 0.317 e. The van der Waals surface area contributed by atoms with Crippen molar-refractivity contribution in [2.45, 2.75) is 24.9 Å². The van der Waals surface area contributed by atoms with Crippen LogP contribution in [0.5, 0.6) is 0 Å². The highest BCUT2D eigenvalue weighted by molar-refractivity contribution is 6.31. The first-order valence-electron chi connectivity index (χ1n) is 5.42. The molecule has 2 rings (SSSR count). The molecule has 0 spiro atoms. The predicted molar refractivity (Wildman–Crippen MR) is 59.1 cm³/mol. The molecule has 17 heavy (non-hydrogen) atoms. The Hall–Kier alpha value is -0.810. The molecule has 94 valence electrons. The number of rotatable bonds is 1. The molecule has 0 saturated carbocycles.